The van der Waals surface area contributed by atoms with Crippen LogP contribution in [-0.4, -0.2) is 42.6 Å². The van der Waals surface area contributed by atoms with E-state index in [9.17, 15) is 4.79 Å². The van der Waals surface area contributed by atoms with E-state index in [0.29, 0.717) is 13.1 Å². The molecule has 0 unspecified atom stereocenters. The van der Waals surface area contributed by atoms with Gasteiger partial charge >= 0.3 is 0 Å². The lowest BCUT2D eigenvalue weighted by Gasteiger charge is -2.33. The molecule has 15 heavy (non-hydrogen) atoms. The van der Waals surface area contributed by atoms with E-state index in [0.717, 1.165) is 6.42 Å². The number of carbonyl (C=O) groups is 1. The van der Waals surface area contributed by atoms with Gasteiger partial charge in [-0.2, -0.15) is 0 Å². The topological polar surface area (TPSA) is 55.6 Å². The number of nitrogens with two attached hydrogens (primary N) is 1. The van der Waals surface area contributed by atoms with E-state index in [2.05, 4.69) is 0 Å². The van der Waals surface area contributed by atoms with Crippen LogP contribution in [0.15, 0.2) is 0 Å². The fourth-order valence-corrected chi connectivity index (χ4v) is 1.29. The van der Waals surface area contributed by atoms with Crippen LogP contribution in [0.3, 0.4) is 0 Å². The molecule has 0 radical (unpaired) electrons. The van der Waals surface area contributed by atoms with Gasteiger partial charge in [0.05, 0.1) is 0 Å². The van der Waals surface area contributed by atoms with Crippen LogP contribution in [0.4, 0.5) is 0 Å². The minimum Gasteiger partial charge on any atom is -0.369 e. The van der Waals surface area contributed by atoms with Gasteiger partial charge in [-0.1, -0.05) is 0 Å². The van der Waals surface area contributed by atoms with Crippen molar-refractivity contribution < 1.29 is 9.53 Å². The SMILES string of the molecule is COC(C)(C)C(=O)N(CCCN)C(C)C. The summed E-state index contributed by atoms with van der Waals surface area (Å²) in [5.41, 5.74) is 4.70. The molecule has 0 spiro atoms. The zero-order valence-electron chi connectivity index (χ0n) is 10.5. The first-order valence-electron chi connectivity index (χ1n) is 5.43. The van der Waals surface area contributed by atoms with Crippen LogP contribution < -0.4 is 5.73 Å². The molecule has 0 rings (SSSR count). The molecule has 0 aliphatic carbocycles. The van der Waals surface area contributed by atoms with Gasteiger partial charge in [-0.3, -0.25) is 4.79 Å². The molecular weight excluding hydrogens is 192 g/mol. The van der Waals surface area contributed by atoms with E-state index in [1.165, 1.54) is 0 Å². The molecule has 0 aliphatic rings. The van der Waals surface area contributed by atoms with Crippen LogP contribution in [-0.2, 0) is 9.53 Å². The van der Waals surface area contributed by atoms with Gasteiger partial charge in [0.15, 0.2) is 0 Å². The van der Waals surface area contributed by atoms with E-state index in [1.807, 2.05) is 18.7 Å². The highest BCUT2D eigenvalue weighted by Crippen LogP contribution is 2.14. The standard InChI is InChI=1S/C11H24N2O2/c1-9(2)13(8-6-7-12)10(14)11(3,4)15-5/h9H,6-8,12H2,1-5H3. The predicted octanol–water partition coefficient (Wildman–Crippen LogP) is 0.997. The highest BCUT2D eigenvalue weighted by Gasteiger charge is 2.32. The van der Waals surface area contributed by atoms with Crippen LogP contribution in [0.25, 0.3) is 0 Å². The summed E-state index contributed by atoms with van der Waals surface area (Å²) in [5.74, 6) is 0.0217. The van der Waals surface area contributed by atoms with Crippen molar-refractivity contribution in [2.45, 2.75) is 45.8 Å². The molecular formula is C11H24N2O2. The normalized spacial score (nSPS) is 11.9. The summed E-state index contributed by atoms with van der Waals surface area (Å²) in [5, 5.41) is 0. The van der Waals surface area contributed by atoms with Crippen LogP contribution in [0, 0.1) is 0 Å². The van der Waals surface area contributed by atoms with Crippen molar-refractivity contribution >= 4 is 5.91 Å². The Morgan fingerprint density at radius 3 is 2.33 bits per heavy atom. The zero-order valence-corrected chi connectivity index (χ0v) is 10.5. The number of nitrogens with zero attached hydrogens (tertiary/aromatic N) is 1. The molecule has 2 N–H and O–H groups in total. The van der Waals surface area contributed by atoms with Crippen molar-refractivity contribution in [3.8, 4) is 0 Å². The number of hydrogen-bond donors (Lipinski definition) is 1. The lowest BCUT2D eigenvalue weighted by atomic mass is 10.1. The number of ether oxygens (including phenoxy) is 1. The maximum atomic E-state index is 12.1. The Bertz CT molecular complexity index is 203. The maximum Gasteiger partial charge on any atom is 0.254 e. The molecule has 1 amide bonds. The Balaban J connectivity index is 4.55. The number of carbonyl (C=O) groups excluding carboxylic acids is 1. The van der Waals surface area contributed by atoms with Gasteiger partial charge in [0, 0.05) is 19.7 Å². The van der Waals surface area contributed by atoms with E-state index in [1.54, 1.807) is 21.0 Å². The van der Waals surface area contributed by atoms with Crippen molar-refractivity contribution in [2.24, 2.45) is 5.73 Å². The van der Waals surface area contributed by atoms with Crippen molar-refractivity contribution in [3.05, 3.63) is 0 Å². The molecule has 0 saturated heterocycles. The quantitative estimate of drug-likeness (QED) is 0.720. The molecule has 90 valence electrons. The van der Waals surface area contributed by atoms with Crippen LogP contribution in [0.1, 0.15) is 34.1 Å². The fourth-order valence-electron chi connectivity index (χ4n) is 1.29. The summed E-state index contributed by atoms with van der Waals surface area (Å²) >= 11 is 0. The summed E-state index contributed by atoms with van der Waals surface area (Å²) < 4.78 is 5.19. The Morgan fingerprint density at radius 1 is 1.47 bits per heavy atom. The first-order valence-corrected chi connectivity index (χ1v) is 5.43. The van der Waals surface area contributed by atoms with Gasteiger partial charge in [0.25, 0.3) is 5.91 Å². The smallest absolute Gasteiger partial charge is 0.254 e. The predicted molar refractivity (Wildman–Crippen MR) is 61.6 cm³/mol. The average Bonchev–Trinajstić information content (AvgIpc) is 2.17. The summed E-state index contributed by atoms with van der Waals surface area (Å²) in [6.07, 6.45) is 0.823. The summed E-state index contributed by atoms with van der Waals surface area (Å²) in [4.78, 5) is 13.9. The Labute approximate surface area is 92.8 Å². The molecule has 0 aliphatic heterocycles. The lowest BCUT2D eigenvalue weighted by molar-refractivity contribution is -0.152. The third-order valence-electron chi connectivity index (χ3n) is 2.51. The molecule has 0 saturated carbocycles. The van der Waals surface area contributed by atoms with Crippen molar-refractivity contribution in [3.63, 3.8) is 0 Å². The van der Waals surface area contributed by atoms with Crippen LogP contribution in [0.5, 0.6) is 0 Å². The monoisotopic (exact) mass is 216 g/mol. The van der Waals surface area contributed by atoms with E-state index in [4.69, 9.17) is 10.5 Å². The minimum atomic E-state index is -0.751. The van der Waals surface area contributed by atoms with Gasteiger partial charge in [0.1, 0.15) is 5.60 Å². The van der Waals surface area contributed by atoms with Crippen molar-refractivity contribution in [1.82, 2.24) is 4.90 Å². The molecule has 4 heteroatoms. The second kappa shape index (κ2) is 6.08. The third kappa shape index (κ3) is 4.18. The highest BCUT2D eigenvalue weighted by molar-refractivity contribution is 5.84. The van der Waals surface area contributed by atoms with Gasteiger partial charge < -0.3 is 15.4 Å². The number of rotatable bonds is 6. The molecule has 4 nitrogen and oxygen atoms in total. The van der Waals surface area contributed by atoms with Gasteiger partial charge in [-0.25, -0.2) is 0 Å². The summed E-state index contributed by atoms with van der Waals surface area (Å²) in [7, 11) is 1.55. The third-order valence-corrected chi connectivity index (χ3v) is 2.51. The average molecular weight is 216 g/mol. The summed E-state index contributed by atoms with van der Waals surface area (Å²) in [6.45, 7) is 8.87. The zero-order chi connectivity index (χ0) is 12.1. The van der Waals surface area contributed by atoms with Crippen molar-refractivity contribution in [2.75, 3.05) is 20.2 Å². The second-order valence-electron chi connectivity index (χ2n) is 4.45. The number of amides is 1. The molecule has 0 bridgehead atoms. The van der Waals surface area contributed by atoms with Gasteiger partial charge in [-0.05, 0) is 40.7 Å². The van der Waals surface area contributed by atoms with Crippen molar-refractivity contribution in [1.29, 1.82) is 0 Å². The number of methoxy groups -OCH3 is 1. The minimum absolute atomic E-state index is 0.0217. The largest absolute Gasteiger partial charge is 0.369 e. The molecule has 0 fully saturated rings. The fraction of sp³-hybridized carbons (Fsp3) is 0.909. The molecule has 0 aromatic rings. The second-order valence-corrected chi connectivity index (χ2v) is 4.45. The van der Waals surface area contributed by atoms with Crippen LogP contribution >= 0.6 is 0 Å². The first kappa shape index (κ1) is 14.4. The number of hydrogen-bond acceptors (Lipinski definition) is 3. The Kier molecular flexibility index (Phi) is 5.83. The highest BCUT2D eigenvalue weighted by atomic mass is 16.5. The first-order chi connectivity index (χ1) is 6.86. The Morgan fingerprint density at radius 2 is 2.00 bits per heavy atom. The van der Waals surface area contributed by atoms with E-state index < -0.39 is 5.60 Å². The van der Waals surface area contributed by atoms with Gasteiger partial charge in [0.2, 0.25) is 0 Å². The molecule has 0 aromatic heterocycles. The molecule has 0 atom stereocenters. The van der Waals surface area contributed by atoms with Crippen LogP contribution in [0.2, 0.25) is 0 Å². The van der Waals surface area contributed by atoms with Gasteiger partial charge in [-0.15, -0.1) is 0 Å². The van der Waals surface area contributed by atoms with E-state index >= 15 is 0 Å². The maximum absolute atomic E-state index is 12.1. The van der Waals surface area contributed by atoms with E-state index in [-0.39, 0.29) is 11.9 Å². The molecule has 0 heterocycles. The lowest BCUT2D eigenvalue weighted by Crippen LogP contribution is -2.49. The summed E-state index contributed by atoms with van der Waals surface area (Å²) in [6, 6.07) is 0.179. The molecule has 0 aromatic carbocycles. The Hall–Kier alpha value is -0.610.